The number of para-hydroxylation sites is 2. The Kier molecular flexibility index (Phi) is 4.67. The van der Waals surface area contributed by atoms with Crippen LogP contribution >= 0.6 is 0 Å². The quantitative estimate of drug-likeness (QED) is 0.705. The zero-order chi connectivity index (χ0) is 16.9. The number of fused-ring (bicyclic) bond motifs is 1. The molecule has 0 bridgehead atoms. The number of aliphatic hydroxyl groups is 1. The lowest BCUT2D eigenvalue weighted by Gasteiger charge is -2.19. The SMILES string of the molecule is C=CCN(CCO)C(=O)c1ccc(-n2cnc3ccccc32)nc1. The largest absolute Gasteiger partial charge is 0.395 e. The summed E-state index contributed by atoms with van der Waals surface area (Å²) in [4.78, 5) is 22.7. The molecule has 0 saturated carbocycles. The van der Waals surface area contributed by atoms with Crippen LogP contribution in [0, 0.1) is 0 Å². The second-order valence-electron chi connectivity index (χ2n) is 5.27. The van der Waals surface area contributed by atoms with Crippen molar-refractivity contribution in [3.63, 3.8) is 0 Å². The Balaban J connectivity index is 1.87. The Morgan fingerprint density at radius 3 is 2.79 bits per heavy atom. The number of hydrogen-bond acceptors (Lipinski definition) is 4. The summed E-state index contributed by atoms with van der Waals surface area (Å²) in [5, 5.41) is 9.07. The van der Waals surface area contributed by atoms with Gasteiger partial charge in [-0.05, 0) is 24.3 Å². The number of imidazole rings is 1. The molecular weight excluding hydrogens is 304 g/mol. The van der Waals surface area contributed by atoms with Crippen molar-refractivity contribution < 1.29 is 9.90 Å². The molecule has 6 nitrogen and oxygen atoms in total. The van der Waals surface area contributed by atoms with Crippen LogP contribution in [-0.4, -0.2) is 50.1 Å². The number of hydrogen-bond donors (Lipinski definition) is 1. The van der Waals surface area contributed by atoms with Crippen molar-refractivity contribution in [1.82, 2.24) is 19.4 Å². The smallest absolute Gasteiger partial charge is 0.255 e. The minimum atomic E-state index is -0.182. The summed E-state index contributed by atoms with van der Waals surface area (Å²) < 4.78 is 1.87. The molecule has 0 radical (unpaired) electrons. The molecule has 1 aromatic carbocycles. The van der Waals surface area contributed by atoms with Crippen LogP contribution < -0.4 is 0 Å². The lowest BCUT2D eigenvalue weighted by molar-refractivity contribution is 0.0742. The topological polar surface area (TPSA) is 71.2 Å². The van der Waals surface area contributed by atoms with Crippen LogP contribution in [-0.2, 0) is 0 Å². The third kappa shape index (κ3) is 3.04. The lowest BCUT2D eigenvalue weighted by atomic mass is 10.2. The van der Waals surface area contributed by atoms with Gasteiger partial charge >= 0.3 is 0 Å². The number of aliphatic hydroxyl groups excluding tert-OH is 1. The maximum atomic E-state index is 12.4. The van der Waals surface area contributed by atoms with E-state index in [-0.39, 0.29) is 19.1 Å². The molecule has 0 unspecified atom stereocenters. The number of carbonyl (C=O) groups excluding carboxylic acids is 1. The maximum absolute atomic E-state index is 12.4. The first-order chi connectivity index (χ1) is 11.7. The van der Waals surface area contributed by atoms with E-state index >= 15 is 0 Å². The highest BCUT2D eigenvalue weighted by Gasteiger charge is 2.15. The second-order valence-corrected chi connectivity index (χ2v) is 5.27. The number of benzene rings is 1. The Hall–Kier alpha value is -2.99. The zero-order valence-corrected chi connectivity index (χ0v) is 13.2. The van der Waals surface area contributed by atoms with Crippen molar-refractivity contribution in [3.05, 3.63) is 67.1 Å². The fourth-order valence-corrected chi connectivity index (χ4v) is 2.53. The molecule has 122 valence electrons. The van der Waals surface area contributed by atoms with Crippen LogP contribution in [0.4, 0.5) is 0 Å². The zero-order valence-electron chi connectivity index (χ0n) is 13.2. The van der Waals surface area contributed by atoms with E-state index in [2.05, 4.69) is 16.5 Å². The summed E-state index contributed by atoms with van der Waals surface area (Å²) in [6, 6.07) is 11.3. The summed E-state index contributed by atoms with van der Waals surface area (Å²) in [5.41, 5.74) is 2.32. The van der Waals surface area contributed by atoms with Crippen LogP contribution in [0.5, 0.6) is 0 Å². The van der Waals surface area contributed by atoms with Crippen molar-refractivity contribution in [3.8, 4) is 5.82 Å². The molecule has 0 saturated heterocycles. The Bertz CT molecular complexity index is 855. The van der Waals surface area contributed by atoms with E-state index < -0.39 is 0 Å². The standard InChI is InChI=1S/C18H18N4O2/c1-2-9-21(10-11-23)18(24)14-7-8-17(19-12-14)22-13-20-15-5-3-4-6-16(15)22/h2-8,12-13,23H,1,9-11H2. The third-order valence-corrected chi connectivity index (χ3v) is 3.70. The second kappa shape index (κ2) is 7.06. The average Bonchev–Trinajstić information content (AvgIpc) is 3.05. The summed E-state index contributed by atoms with van der Waals surface area (Å²) >= 11 is 0. The van der Waals surface area contributed by atoms with Crippen molar-refractivity contribution in [2.45, 2.75) is 0 Å². The monoisotopic (exact) mass is 322 g/mol. The molecule has 24 heavy (non-hydrogen) atoms. The maximum Gasteiger partial charge on any atom is 0.255 e. The Morgan fingerprint density at radius 2 is 2.08 bits per heavy atom. The third-order valence-electron chi connectivity index (χ3n) is 3.70. The van der Waals surface area contributed by atoms with Crippen LogP contribution in [0.2, 0.25) is 0 Å². The highest BCUT2D eigenvalue weighted by atomic mass is 16.3. The predicted octanol–water partition coefficient (Wildman–Crippen LogP) is 2.04. The van der Waals surface area contributed by atoms with Crippen molar-refractivity contribution in [2.75, 3.05) is 19.7 Å². The van der Waals surface area contributed by atoms with E-state index in [1.54, 1.807) is 30.7 Å². The van der Waals surface area contributed by atoms with E-state index in [0.29, 0.717) is 17.9 Å². The van der Waals surface area contributed by atoms with Gasteiger partial charge in [-0.25, -0.2) is 9.97 Å². The van der Waals surface area contributed by atoms with Crippen molar-refractivity contribution in [1.29, 1.82) is 0 Å². The lowest BCUT2D eigenvalue weighted by Crippen LogP contribution is -2.33. The molecule has 2 aromatic heterocycles. The predicted molar refractivity (Wildman–Crippen MR) is 92.1 cm³/mol. The molecule has 3 aromatic rings. The number of aromatic nitrogens is 3. The first kappa shape index (κ1) is 15.9. The molecular formula is C18H18N4O2. The normalized spacial score (nSPS) is 10.7. The van der Waals surface area contributed by atoms with Gasteiger partial charge in [0, 0.05) is 19.3 Å². The molecule has 0 fully saturated rings. The van der Waals surface area contributed by atoms with E-state index in [4.69, 9.17) is 5.11 Å². The van der Waals surface area contributed by atoms with E-state index in [1.165, 1.54) is 4.90 Å². The number of pyridine rings is 1. The van der Waals surface area contributed by atoms with Gasteiger partial charge in [0.05, 0.1) is 23.2 Å². The molecule has 2 heterocycles. The molecule has 0 spiro atoms. The Morgan fingerprint density at radius 1 is 1.25 bits per heavy atom. The van der Waals surface area contributed by atoms with Crippen LogP contribution in [0.1, 0.15) is 10.4 Å². The number of nitrogens with zero attached hydrogens (tertiary/aromatic N) is 4. The molecule has 1 amide bonds. The summed E-state index contributed by atoms with van der Waals surface area (Å²) in [6.45, 7) is 4.19. The minimum absolute atomic E-state index is 0.0912. The fraction of sp³-hybridized carbons (Fsp3) is 0.167. The van der Waals surface area contributed by atoms with Crippen LogP contribution in [0.15, 0.2) is 61.6 Å². The summed E-state index contributed by atoms with van der Waals surface area (Å²) in [5.74, 6) is 0.510. The molecule has 0 aliphatic carbocycles. The van der Waals surface area contributed by atoms with Gasteiger partial charge in [0.1, 0.15) is 12.1 Å². The van der Waals surface area contributed by atoms with Gasteiger partial charge in [-0.15, -0.1) is 6.58 Å². The van der Waals surface area contributed by atoms with Crippen LogP contribution in [0.25, 0.3) is 16.9 Å². The highest BCUT2D eigenvalue weighted by molar-refractivity contribution is 5.94. The van der Waals surface area contributed by atoms with Gasteiger partial charge in [0.2, 0.25) is 0 Å². The highest BCUT2D eigenvalue weighted by Crippen LogP contribution is 2.16. The molecule has 3 rings (SSSR count). The molecule has 6 heteroatoms. The van der Waals surface area contributed by atoms with Gasteiger partial charge in [-0.3, -0.25) is 9.36 Å². The van der Waals surface area contributed by atoms with Gasteiger partial charge < -0.3 is 10.0 Å². The van der Waals surface area contributed by atoms with Gasteiger partial charge in [-0.2, -0.15) is 0 Å². The molecule has 0 aliphatic rings. The number of carbonyl (C=O) groups is 1. The number of rotatable bonds is 6. The minimum Gasteiger partial charge on any atom is -0.395 e. The van der Waals surface area contributed by atoms with E-state index in [9.17, 15) is 4.79 Å². The van der Waals surface area contributed by atoms with Gasteiger partial charge in [0.25, 0.3) is 5.91 Å². The van der Waals surface area contributed by atoms with Crippen molar-refractivity contribution >= 4 is 16.9 Å². The first-order valence-electron chi connectivity index (χ1n) is 7.64. The van der Waals surface area contributed by atoms with E-state index in [0.717, 1.165) is 11.0 Å². The Labute approximate surface area is 139 Å². The first-order valence-corrected chi connectivity index (χ1v) is 7.64. The van der Waals surface area contributed by atoms with Crippen molar-refractivity contribution in [2.24, 2.45) is 0 Å². The van der Waals surface area contributed by atoms with Gasteiger partial charge in [0.15, 0.2) is 0 Å². The summed E-state index contributed by atoms with van der Waals surface area (Å²) in [6.07, 6.45) is 4.89. The molecule has 0 atom stereocenters. The molecule has 0 aliphatic heterocycles. The van der Waals surface area contributed by atoms with E-state index in [1.807, 2.05) is 28.8 Å². The number of amides is 1. The summed E-state index contributed by atoms with van der Waals surface area (Å²) in [7, 11) is 0. The van der Waals surface area contributed by atoms with Crippen LogP contribution in [0.3, 0.4) is 0 Å². The van der Waals surface area contributed by atoms with Gasteiger partial charge in [-0.1, -0.05) is 18.2 Å². The molecule has 1 N–H and O–H groups in total. The average molecular weight is 322 g/mol. The fourth-order valence-electron chi connectivity index (χ4n) is 2.53.